The van der Waals surface area contributed by atoms with Gasteiger partial charge in [0.15, 0.2) is 0 Å². The number of carbonyl (C=O) groups is 1. The van der Waals surface area contributed by atoms with E-state index in [9.17, 15) is 4.79 Å². The van der Waals surface area contributed by atoms with E-state index < -0.39 is 5.60 Å². The van der Waals surface area contributed by atoms with Crippen LogP contribution in [0.4, 0.5) is 4.79 Å². The van der Waals surface area contributed by atoms with Crippen LogP contribution in [0.25, 0.3) is 0 Å². The summed E-state index contributed by atoms with van der Waals surface area (Å²) in [6.07, 6.45) is 1.46. The zero-order valence-electron chi connectivity index (χ0n) is 15.3. The lowest BCUT2D eigenvalue weighted by Gasteiger charge is -2.24. The van der Waals surface area contributed by atoms with Crippen LogP contribution in [0.5, 0.6) is 0 Å². The van der Waals surface area contributed by atoms with E-state index >= 15 is 0 Å². The Balaban J connectivity index is 2.41. The minimum absolute atomic E-state index is 0.339. The van der Waals surface area contributed by atoms with Gasteiger partial charge in [-0.15, -0.1) is 0 Å². The summed E-state index contributed by atoms with van der Waals surface area (Å²) in [5.41, 5.74) is 1.79. The number of aromatic nitrogens is 1. The lowest BCUT2D eigenvalue weighted by atomic mass is 9.95. The minimum Gasteiger partial charge on any atom is -0.444 e. The number of rotatable bonds is 7. The molecule has 0 aliphatic heterocycles. The van der Waals surface area contributed by atoms with Crippen molar-refractivity contribution < 1.29 is 9.53 Å². The second-order valence-corrected chi connectivity index (χ2v) is 7.28. The van der Waals surface area contributed by atoms with Crippen molar-refractivity contribution in [1.82, 2.24) is 15.6 Å². The molecule has 0 bridgehead atoms. The monoisotopic (exact) mass is 321 g/mol. The standard InChI is InChI=1S/C18H31N3O2/c1-13(2)15(11-21-17(22)23-18(4,5)6)10-19-12-16-14(3)8-7-9-20-16/h7-9,13,15,19H,10-12H2,1-6H3,(H,21,22). The minimum atomic E-state index is -0.466. The van der Waals surface area contributed by atoms with Crippen molar-refractivity contribution >= 4 is 6.09 Å². The van der Waals surface area contributed by atoms with E-state index in [-0.39, 0.29) is 6.09 Å². The van der Waals surface area contributed by atoms with Crippen LogP contribution >= 0.6 is 0 Å². The van der Waals surface area contributed by atoms with E-state index in [2.05, 4.69) is 42.5 Å². The Kier molecular flexibility index (Phi) is 7.49. The fourth-order valence-electron chi connectivity index (χ4n) is 2.15. The van der Waals surface area contributed by atoms with Crippen LogP contribution in [0.15, 0.2) is 18.3 Å². The van der Waals surface area contributed by atoms with Gasteiger partial charge in [-0.2, -0.15) is 0 Å². The van der Waals surface area contributed by atoms with Crippen molar-refractivity contribution in [2.75, 3.05) is 13.1 Å². The van der Waals surface area contributed by atoms with Gasteiger partial charge in [-0.25, -0.2) is 4.79 Å². The number of alkyl carbamates (subject to hydrolysis) is 1. The average molecular weight is 321 g/mol. The number of nitrogens with zero attached hydrogens (tertiary/aromatic N) is 1. The van der Waals surface area contributed by atoms with Crippen molar-refractivity contribution in [3.63, 3.8) is 0 Å². The molecule has 0 aliphatic rings. The van der Waals surface area contributed by atoms with Crippen LogP contribution in [0.3, 0.4) is 0 Å². The van der Waals surface area contributed by atoms with E-state index in [0.717, 1.165) is 18.8 Å². The number of carbonyl (C=O) groups excluding carboxylic acids is 1. The maximum absolute atomic E-state index is 11.8. The number of ether oxygens (including phenoxy) is 1. The Morgan fingerprint density at radius 3 is 2.57 bits per heavy atom. The highest BCUT2D eigenvalue weighted by Crippen LogP contribution is 2.11. The highest BCUT2D eigenvalue weighted by molar-refractivity contribution is 5.67. The lowest BCUT2D eigenvalue weighted by Crippen LogP contribution is -2.39. The quantitative estimate of drug-likeness (QED) is 0.809. The fourth-order valence-corrected chi connectivity index (χ4v) is 2.15. The third-order valence-corrected chi connectivity index (χ3v) is 3.67. The molecular formula is C18H31N3O2. The predicted octanol–water partition coefficient (Wildman–Crippen LogP) is 3.28. The molecule has 0 aromatic carbocycles. The molecule has 5 nitrogen and oxygen atoms in total. The molecule has 1 heterocycles. The van der Waals surface area contributed by atoms with Crippen molar-refractivity contribution in [3.8, 4) is 0 Å². The summed E-state index contributed by atoms with van der Waals surface area (Å²) in [6, 6.07) is 4.01. The topological polar surface area (TPSA) is 63.2 Å². The number of pyridine rings is 1. The van der Waals surface area contributed by atoms with Crippen LogP contribution < -0.4 is 10.6 Å². The number of hydrogen-bond donors (Lipinski definition) is 2. The number of aryl methyl sites for hydroxylation is 1. The molecule has 0 saturated heterocycles. The summed E-state index contributed by atoms with van der Waals surface area (Å²) in [5, 5.41) is 6.31. The molecule has 23 heavy (non-hydrogen) atoms. The maximum atomic E-state index is 11.8. The lowest BCUT2D eigenvalue weighted by molar-refractivity contribution is 0.0515. The van der Waals surface area contributed by atoms with E-state index in [4.69, 9.17) is 4.74 Å². The summed E-state index contributed by atoms with van der Waals surface area (Å²) < 4.78 is 5.28. The average Bonchev–Trinajstić information content (AvgIpc) is 2.42. The molecule has 0 saturated carbocycles. The van der Waals surface area contributed by atoms with E-state index in [1.54, 1.807) is 0 Å². The molecule has 5 heteroatoms. The van der Waals surface area contributed by atoms with Gasteiger partial charge in [-0.1, -0.05) is 19.9 Å². The van der Waals surface area contributed by atoms with Gasteiger partial charge in [-0.05, 0) is 51.2 Å². The first-order chi connectivity index (χ1) is 10.7. The van der Waals surface area contributed by atoms with Gasteiger partial charge >= 0.3 is 6.09 Å². The van der Waals surface area contributed by atoms with Gasteiger partial charge < -0.3 is 15.4 Å². The molecule has 1 unspecified atom stereocenters. The molecule has 1 amide bonds. The van der Waals surface area contributed by atoms with Gasteiger partial charge in [0.25, 0.3) is 0 Å². The second-order valence-electron chi connectivity index (χ2n) is 7.28. The molecule has 2 N–H and O–H groups in total. The molecule has 0 fully saturated rings. The van der Waals surface area contributed by atoms with E-state index in [0.29, 0.717) is 18.4 Å². The number of amides is 1. The molecule has 0 aliphatic carbocycles. The molecule has 0 radical (unpaired) electrons. The first-order valence-electron chi connectivity index (χ1n) is 8.27. The van der Waals surface area contributed by atoms with Crippen molar-refractivity contribution in [3.05, 3.63) is 29.6 Å². The summed E-state index contributed by atoms with van der Waals surface area (Å²) in [5.74, 6) is 0.800. The normalized spacial score (nSPS) is 13.0. The molecule has 1 aromatic rings. The van der Waals surface area contributed by atoms with Gasteiger partial charge in [-0.3, -0.25) is 4.98 Å². The Morgan fingerprint density at radius 1 is 1.30 bits per heavy atom. The Labute approximate surface area is 140 Å². The highest BCUT2D eigenvalue weighted by atomic mass is 16.6. The van der Waals surface area contributed by atoms with E-state index in [1.807, 2.05) is 33.0 Å². The summed E-state index contributed by atoms with van der Waals surface area (Å²) in [7, 11) is 0. The van der Waals surface area contributed by atoms with Gasteiger partial charge in [0, 0.05) is 25.8 Å². The van der Waals surface area contributed by atoms with Crippen molar-refractivity contribution in [2.24, 2.45) is 11.8 Å². The second kappa shape index (κ2) is 8.87. The fraction of sp³-hybridized carbons (Fsp3) is 0.667. The molecule has 130 valence electrons. The Hall–Kier alpha value is -1.62. The summed E-state index contributed by atoms with van der Waals surface area (Å²) in [6.45, 7) is 14.1. The van der Waals surface area contributed by atoms with Crippen LogP contribution in [0, 0.1) is 18.8 Å². The molecule has 0 spiro atoms. The third-order valence-electron chi connectivity index (χ3n) is 3.67. The first-order valence-corrected chi connectivity index (χ1v) is 8.27. The smallest absolute Gasteiger partial charge is 0.407 e. The molecule has 1 atom stereocenters. The Bertz CT molecular complexity index is 495. The third kappa shape index (κ3) is 7.98. The van der Waals surface area contributed by atoms with Crippen molar-refractivity contribution in [1.29, 1.82) is 0 Å². The van der Waals surface area contributed by atoms with Gasteiger partial charge in [0.2, 0.25) is 0 Å². The maximum Gasteiger partial charge on any atom is 0.407 e. The van der Waals surface area contributed by atoms with Crippen molar-refractivity contribution in [2.45, 2.75) is 53.7 Å². The number of hydrogen-bond acceptors (Lipinski definition) is 4. The molecule has 1 rings (SSSR count). The Morgan fingerprint density at radius 2 is 2.00 bits per heavy atom. The zero-order chi connectivity index (χ0) is 17.5. The van der Waals surface area contributed by atoms with Crippen LogP contribution in [-0.4, -0.2) is 29.8 Å². The summed E-state index contributed by atoms with van der Waals surface area (Å²) >= 11 is 0. The van der Waals surface area contributed by atoms with Crippen LogP contribution in [0.1, 0.15) is 45.9 Å². The van der Waals surface area contributed by atoms with Crippen LogP contribution in [0.2, 0.25) is 0 Å². The number of nitrogens with one attached hydrogen (secondary N) is 2. The molecule has 1 aromatic heterocycles. The zero-order valence-corrected chi connectivity index (χ0v) is 15.3. The van der Waals surface area contributed by atoms with Crippen LogP contribution in [-0.2, 0) is 11.3 Å². The summed E-state index contributed by atoms with van der Waals surface area (Å²) in [4.78, 5) is 16.1. The predicted molar refractivity (Wildman–Crippen MR) is 93.2 cm³/mol. The van der Waals surface area contributed by atoms with E-state index in [1.165, 1.54) is 5.56 Å². The molecular weight excluding hydrogens is 290 g/mol. The largest absolute Gasteiger partial charge is 0.444 e. The van der Waals surface area contributed by atoms with Gasteiger partial charge in [0.05, 0.1) is 5.69 Å². The first kappa shape index (κ1) is 19.4. The highest BCUT2D eigenvalue weighted by Gasteiger charge is 2.19. The SMILES string of the molecule is Cc1cccnc1CNCC(CNC(=O)OC(C)(C)C)C(C)C. The van der Waals surface area contributed by atoms with Gasteiger partial charge in [0.1, 0.15) is 5.60 Å².